The maximum absolute atomic E-state index is 8.49. The van der Waals surface area contributed by atoms with Crippen LogP contribution in [0.15, 0.2) is 12.1 Å². The molecule has 0 saturated heterocycles. The van der Waals surface area contributed by atoms with Crippen molar-refractivity contribution in [2.75, 3.05) is 18.1 Å². The summed E-state index contributed by atoms with van der Waals surface area (Å²) in [4.78, 5) is 0. The molecular formula is C10H12N2O. The van der Waals surface area contributed by atoms with Crippen LogP contribution >= 0.6 is 0 Å². The minimum absolute atomic E-state index is 0.149. The Morgan fingerprint density at radius 3 is 2.62 bits per heavy atom. The van der Waals surface area contributed by atoms with Gasteiger partial charge in [0.05, 0.1) is 11.4 Å². The van der Waals surface area contributed by atoms with Crippen LogP contribution in [0.4, 0.5) is 11.4 Å². The van der Waals surface area contributed by atoms with E-state index in [1.165, 1.54) is 0 Å². The second-order valence-corrected chi connectivity index (χ2v) is 2.76. The third-order valence-electron chi connectivity index (χ3n) is 1.73. The average molecular weight is 176 g/mol. The molecule has 1 rings (SSSR count). The minimum atomic E-state index is -0.149. The molecule has 0 spiro atoms. The maximum Gasteiger partial charge on any atom is 0.104 e. The van der Waals surface area contributed by atoms with Gasteiger partial charge in [0.2, 0.25) is 0 Å². The van der Waals surface area contributed by atoms with E-state index >= 15 is 0 Å². The third kappa shape index (κ3) is 2.14. The number of nitrogens with two attached hydrogens (primary N) is 2. The van der Waals surface area contributed by atoms with E-state index in [9.17, 15) is 0 Å². The summed E-state index contributed by atoms with van der Waals surface area (Å²) >= 11 is 0. The molecule has 0 heterocycles. The van der Waals surface area contributed by atoms with E-state index in [-0.39, 0.29) is 6.61 Å². The first kappa shape index (κ1) is 9.43. The van der Waals surface area contributed by atoms with Crippen LogP contribution in [0.2, 0.25) is 0 Å². The normalized spacial score (nSPS) is 9.08. The quantitative estimate of drug-likeness (QED) is 0.398. The smallest absolute Gasteiger partial charge is 0.104 e. The molecule has 1 aromatic carbocycles. The van der Waals surface area contributed by atoms with Gasteiger partial charge in [0, 0.05) is 5.56 Å². The standard InChI is InChI=1S/C10H12N2O/c1-7-5-8(3-2-4-13)6-9(11)10(7)12/h5-6,13H,4,11-12H2,1H3. The van der Waals surface area contributed by atoms with Crippen molar-refractivity contribution in [2.45, 2.75) is 6.92 Å². The Morgan fingerprint density at radius 1 is 1.38 bits per heavy atom. The molecule has 0 aliphatic rings. The molecule has 0 amide bonds. The lowest BCUT2D eigenvalue weighted by molar-refractivity contribution is 0.350. The van der Waals surface area contributed by atoms with Gasteiger partial charge in [-0.05, 0) is 24.6 Å². The Kier molecular flexibility index (Phi) is 2.78. The van der Waals surface area contributed by atoms with Crippen molar-refractivity contribution < 1.29 is 5.11 Å². The van der Waals surface area contributed by atoms with Crippen LogP contribution in [0.5, 0.6) is 0 Å². The van der Waals surface area contributed by atoms with Gasteiger partial charge in [-0.3, -0.25) is 0 Å². The molecule has 13 heavy (non-hydrogen) atoms. The van der Waals surface area contributed by atoms with Gasteiger partial charge in [-0.15, -0.1) is 0 Å². The number of aryl methyl sites for hydroxylation is 1. The van der Waals surface area contributed by atoms with Crippen LogP contribution in [-0.2, 0) is 0 Å². The summed E-state index contributed by atoms with van der Waals surface area (Å²) in [6, 6.07) is 3.54. The fraction of sp³-hybridized carbons (Fsp3) is 0.200. The van der Waals surface area contributed by atoms with Crippen LogP contribution < -0.4 is 11.5 Å². The summed E-state index contributed by atoms with van der Waals surface area (Å²) in [5.41, 5.74) is 14.1. The number of hydrogen-bond donors (Lipinski definition) is 3. The number of rotatable bonds is 0. The van der Waals surface area contributed by atoms with Crippen molar-refractivity contribution in [2.24, 2.45) is 0 Å². The molecule has 68 valence electrons. The van der Waals surface area contributed by atoms with Crippen molar-refractivity contribution in [1.82, 2.24) is 0 Å². The summed E-state index contributed by atoms with van der Waals surface area (Å²) in [5.74, 6) is 5.32. The van der Waals surface area contributed by atoms with Crippen LogP contribution in [0.25, 0.3) is 0 Å². The fourth-order valence-electron chi connectivity index (χ4n) is 1.04. The first-order chi connectivity index (χ1) is 6.15. The lowest BCUT2D eigenvalue weighted by Crippen LogP contribution is -1.98. The molecule has 0 aliphatic carbocycles. The van der Waals surface area contributed by atoms with Crippen molar-refractivity contribution in [1.29, 1.82) is 0 Å². The van der Waals surface area contributed by atoms with Gasteiger partial charge >= 0.3 is 0 Å². The van der Waals surface area contributed by atoms with Gasteiger partial charge in [-0.1, -0.05) is 11.8 Å². The van der Waals surface area contributed by atoms with Crippen LogP contribution in [0, 0.1) is 18.8 Å². The molecule has 5 N–H and O–H groups in total. The topological polar surface area (TPSA) is 72.3 Å². The van der Waals surface area contributed by atoms with E-state index in [1.54, 1.807) is 6.07 Å². The molecule has 0 aliphatic heterocycles. The largest absolute Gasteiger partial charge is 0.397 e. The number of nitrogen functional groups attached to an aromatic ring is 2. The van der Waals surface area contributed by atoms with E-state index in [2.05, 4.69) is 11.8 Å². The third-order valence-corrected chi connectivity index (χ3v) is 1.73. The number of hydrogen-bond acceptors (Lipinski definition) is 3. The summed E-state index contributed by atoms with van der Waals surface area (Å²) in [6.07, 6.45) is 0. The van der Waals surface area contributed by atoms with Gasteiger partial charge in [-0.2, -0.15) is 0 Å². The SMILES string of the molecule is Cc1cc(C#CCO)cc(N)c1N. The first-order valence-electron chi connectivity index (χ1n) is 3.90. The van der Waals surface area contributed by atoms with Crippen molar-refractivity contribution in [3.63, 3.8) is 0 Å². The Hall–Kier alpha value is -1.66. The second-order valence-electron chi connectivity index (χ2n) is 2.76. The van der Waals surface area contributed by atoms with Gasteiger partial charge in [0.25, 0.3) is 0 Å². The Bertz CT molecular complexity index is 351. The molecule has 0 saturated carbocycles. The molecule has 0 aromatic heterocycles. The van der Waals surface area contributed by atoms with Crippen LogP contribution in [0.1, 0.15) is 11.1 Å². The van der Waals surface area contributed by atoms with Gasteiger partial charge in [0.15, 0.2) is 0 Å². The molecule has 0 atom stereocenters. The molecule has 0 fully saturated rings. The minimum Gasteiger partial charge on any atom is -0.397 e. The van der Waals surface area contributed by atoms with Crippen LogP contribution in [-0.4, -0.2) is 11.7 Å². The second kappa shape index (κ2) is 3.83. The highest BCUT2D eigenvalue weighted by Gasteiger charge is 1.99. The highest BCUT2D eigenvalue weighted by Crippen LogP contribution is 2.20. The summed E-state index contributed by atoms with van der Waals surface area (Å²) in [6.45, 7) is 1.72. The van der Waals surface area contributed by atoms with E-state index in [0.29, 0.717) is 11.4 Å². The Labute approximate surface area is 77.4 Å². The predicted octanol–water partition coefficient (Wildman–Crippen LogP) is 0.503. The molecule has 0 bridgehead atoms. The van der Waals surface area contributed by atoms with Crippen molar-refractivity contribution in [3.8, 4) is 11.8 Å². The highest BCUT2D eigenvalue weighted by atomic mass is 16.2. The molecule has 1 aromatic rings. The van der Waals surface area contributed by atoms with Crippen molar-refractivity contribution >= 4 is 11.4 Å². The number of anilines is 2. The lowest BCUT2D eigenvalue weighted by atomic mass is 10.1. The Balaban J connectivity index is 3.13. The van der Waals surface area contributed by atoms with Gasteiger partial charge in [-0.25, -0.2) is 0 Å². The predicted molar refractivity (Wildman–Crippen MR) is 54.0 cm³/mol. The summed E-state index contributed by atoms with van der Waals surface area (Å²) < 4.78 is 0. The number of aliphatic hydroxyl groups is 1. The zero-order valence-corrected chi connectivity index (χ0v) is 7.46. The zero-order chi connectivity index (χ0) is 9.84. The molecule has 0 unspecified atom stereocenters. The van der Waals surface area contributed by atoms with Crippen molar-refractivity contribution in [3.05, 3.63) is 23.3 Å². The molecule has 3 heteroatoms. The monoisotopic (exact) mass is 176 g/mol. The Morgan fingerprint density at radius 2 is 2.08 bits per heavy atom. The fourth-order valence-corrected chi connectivity index (χ4v) is 1.04. The zero-order valence-electron chi connectivity index (χ0n) is 7.46. The number of aliphatic hydroxyl groups excluding tert-OH is 1. The van der Waals surface area contributed by atoms with E-state index < -0.39 is 0 Å². The average Bonchev–Trinajstić information content (AvgIpc) is 2.10. The first-order valence-corrected chi connectivity index (χ1v) is 3.90. The summed E-state index contributed by atoms with van der Waals surface area (Å²) in [5, 5.41) is 8.49. The molecule has 3 nitrogen and oxygen atoms in total. The number of benzene rings is 1. The van der Waals surface area contributed by atoms with Gasteiger partial charge in [0.1, 0.15) is 6.61 Å². The van der Waals surface area contributed by atoms with E-state index in [0.717, 1.165) is 11.1 Å². The summed E-state index contributed by atoms with van der Waals surface area (Å²) in [7, 11) is 0. The molecular weight excluding hydrogens is 164 g/mol. The van der Waals surface area contributed by atoms with E-state index in [1.807, 2.05) is 13.0 Å². The van der Waals surface area contributed by atoms with E-state index in [4.69, 9.17) is 16.6 Å². The molecule has 0 radical (unpaired) electrons. The lowest BCUT2D eigenvalue weighted by Gasteiger charge is -2.04. The van der Waals surface area contributed by atoms with Crippen LogP contribution in [0.3, 0.4) is 0 Å². The van der Waals surface area contributed by atoms with Gasteiger partial charge < -0.3 is 16.6 Å². The maximum atomic E-state index is 8.49. The highest BCUT2D eigenvalue weighted by molar-refractivity contribution is 5.69.